The van der Waals surface area contributed by atoms with Gasteiger partial charge in [0.25, 0.3) is 0 Å². The zero-order valence-electron chi connectivity index (χ0n) is 18.5. The van der Waals surface area contributed by atoms with Crippen molar-refractivity contribution in [2.24, 2.45) is 4.99 Å². The molecule has 1 atom stereocenters. The van der Waals surface area contributed by atoms with Gasteiger partial charge in [0, 0.05) is 26.1 Å². The summed E-state index contributed by atoms with van der Waals surface area (Å²) in [5.74, 6) is 2.61. The molecule has 1 unspecified atom stereocenters. The van der Waals surface area contributed by atoms with Gasteiger partial charge in [-0.25, -0.2) is 14.7 Å². The van der Waals surface area contributed by atoms with Gasteiger partial charge in [-0.15, -0.1) is 0 Å². The summed E-state index contributed by atoms with van der Waals surface area (Å²) in [6.45, 7) is 9.49. The Hall–Kier alpha value is -2.45. The van der Waals surface area contributed by atoms with E-state index in [0.29, 0.717) is 19.8 Å². The van der Waals surface area contributed by atoms with Crippen molar-refractivity contribution in [2.75, 3.05) is 13.7 Å². The molecule has 0 radical (unpaired) electrons. The van der Waals surface area contributed by atoms with Crippen LogP contribution in [-0.4, -0.2) is 46.5 Å². The van der Waals surface area contributed by atoms with Crippen LogP contribution in [0.15, 0.2) is 29.3 Å². The van der Waals surface area contributed by atoms with Crippen LogP contribution in [0.5, 0.6) is 0 Å². The number of ether oxygens (including phenoxy) is 2. The van der Waals surface area contributed by atoms with Gasteiger partial charge in [-0.1, -0.05) is 24.3 Å². The van der Waals surface area contributed by atoms with Gasteiger partial charge in [0.1, 0.15) is 12.4 Å². The summed E-state index contributed by atoms with van der Waals surface area (Å²) in [6, 6.07) is 8.72. The molecule has 0 bridgehead atoms. The minimum atomic E-state index is 0.239. The van der Waals surface area contributed by atoms with Gasteiger partial charge < -0.3 is 20.1 Å². The molecule has 30 heavy (non-hydrogen) atoms. The molecular weight excluding hydrogens is 380 g/mol. The van der Waals surface area contributed by atoms with Crippen molar-refractivity contribution in [1.29, 1.82) is 0 Å². The van der Waals surface area contributed by atoms with E-state index in [4.69, 9.17) is 14.5 Å². The minimum absolute atomic E-state index is 0.239. The molecule has 1 aliphatic rings. The summed E-state index contributed by atoms with van der Waals surface area (Å²) in [7, 11) is 1.66. The van der Waals surface area contributed by atoms with Crippen LogP contribution in [0.4, 0.5) is 0 Å². The third-order valence-electron chi connectivity index (χ3n) is 4.89. The number of aryl methyl sites for hydroxylation is 1. The summed E-state index contributed by atoms with van der Waals surface area (Å²) in [6.07, 6.45) is 2.14. The quantitative estimate of drug-likeness (QED) is 0.484. The van der Waals surface area contributed by atoms with E-state index >= 15 is 0 Å². The normalized spacial score (nSPS) is 16.6. The van der Waals surface area contributed by atoms with Gasteiger partial charge in [0.15, 0.2) is 11.8 Å². The number of benzene rings is 1. The zero-order chi connectivity index (χ0) is 21.3. The van der Waals surface area contributed by atoms with Crippen molar-refractivity contribution in [2.45, 2.75) is 72.1 Å². The highest BCUT2D eigenvalue weighted by Crippen LogP contribution is 2.14. The Kier molecular flexibility index (Phi) is 8.21. The Bertz CT molecular complexity index is 816. The number of methoxy groups -OCH3 is 1. The van der Waals surface area contributed by atoms with E-state index in [9.17, 15) is 0 Å². The lowest BCUT2D eigenvalue weighted by Gasteiger charge is -2.25. The number of nitrogens with zero attached hydrogens (tertiary/aromatic N) is 4. The molecule has 0 saturated heterocycles. The molecule has 1 aliphatic heterocycles. The summed E-state index contributed by atoms with van der Waals surface area (Å²) in [5.41, 5.74) is 2.35. The van der Waals surface area contributed by atoms with Crippen molar-refractivity contribution in [3.05, 3.63) is 47.0 Å². The molecule has 8 heteroatoms. The average molecular weight is 415 g/mol. The third kappa shape index (κ3) is 6.53. The number of aliphatic imine (C=N–C) groups is 1. The zero-order valence-corrected chi connectivity index (χ0v) is 18.5. The highest BCUT2D eigenvalue weighted by atomic mass is 16.5. The van der Waals surface area contributed by atoms with Gasteiger partial charge in [-0.2, -0.15) is 5.10 Å². The van der Waals surface area contributed by atoms with Crippen LogP contribution < -0.4 is 10.6 Å². The second kappa shape index (κ2) is 11.1. The number of hydrogen-bond donors (Lipinski definition) is 2. The molecule has 0 spiro atoms. The van der Waals surface area contributed by atoms with E-state index in [1.807, 2.05) is 18.5 Å². The molecule has 0 amide bonds. The SMILES string of the molecule is CCNC(=NCc1ccc(COC(C)C)cc1)NC1CCc2nc(COC)nn2C1. The average Bonchev–Trinajstić information content (AvgIpc) is 3.13. The molecule has 1 aromatic heterocycles. The van der Waals surface area contributed by atoms with E-state index < -0.39 is 0 Å². The van der Waals surface area contributed by atoms with Gasteiger partial charge >= 0.3 is 0 Å². The predicted molar refractivity (Wildman–Crippen MR) is 117 cm³/mol. The minimum Gasteiger partial charge on any atom is -0.377 e. The number of guanidine groups is 1. The fraction of sp³-hybridized carbons (Fsp3) is 0.591. The van der Waals surface area contributed by atoms with E-state index in [0.717, 1.165) is 43.5 Å². The maximum Gasteiger partial charge on any atom is 0.191 e. The van der Waals surface area contributed by atoms with Crippen LogP contribution in [0, 0.1) is 0 Å². The molecule has 0 fully saturated rings. The van der Waals surface area contributed by atoms with E-state index in [-0.39, 0.29) is 12.1 Å². The van der Waals surface area contributed by atoms with Crippen molar-refractivity contribution < 1.29 is 9.47 Å². The highest BCUT2D eigenvalue weighted by molar-refractivity contribution is 5.80. The molecular formula is C22H34N6O2. The number of nitrogens with one attached hydrogen (secondary N) is 2. The number of hydrogen-bond acceptors (Lipinski definition) is 5. The summed E-state index contributed by atoms with van der Waals surface area (Å²) >= 11 is 0. The van der Waals surface area contributed by atoms with Gasteiger partial charge in [-0.05, 0) is 38.3 Å². The predicted octanol–water partition coefficient (Wildman–Crippen LogP) is 2.42. The second-order valence-electron chi connectivity index (χ2n) is 7.81. The fourth-order valence-electron chi connectivity index (χ4n) is 3.36. The van der Waals surface area contributed by atoms with Gasteiger partial charge in [-0.3, -0.25) is 0 Å². The maximum absolute atomic E-state index is 5.66. The second-order valence-corrected chi connectivity index (χ2v) is 7.81. The monoisotopic (exact) mass is 414 g/mol. The Morgan fingerprint density at radius 3 is 2.70 bits per heavy atom. The molecule has 0 aliphatic carbocycles. The van der Waals surface area contributed by atoms with Crippen LogP contribution in [-0.2, 0) is 42.2 Å². The van der Waals surface area contributed by atoms with Crippen molar-refractivity contribution >= 4 is 5.96 Å². The van der Waals surface area contributed by atoms with Gasteiger partial charge in [0.2, 0.25) is 0 Å². The third-order valence-corrected chi connectivity index (χ3v) is 4.89. The van der Waals surface area contributed by atoms with Crippen LogP contribution in [0.3, 0.4) is 0 Å². The Balaban J connectivity index is 1.56. The lowest BCUT2D eigenvalue weighted by atomic mass is 10.1. The first-order valence-corrected chi connectivity index (χ1v) is 10.7. The fourth-order valence-corrected chi connectivity index (χ4v) is 3.36. The smallest absolute Gasteiger partial charge is 0.191 e. The molecule has 2 N–H and O–H groups in total. The summed E-state index contributed by atoms with van der Waals surface area (Å²) < 4.78 is 12.8. The largest absolute Gasteiger partial charge is 0.377 e. The summed E-state index contributed by atoms with van der Waals surface area (Å²) in [5, 5.41) is 11.4. The first kappa shape index (κ1) is 22.2. The Labute approximate surface area is 179 Å². The van der Waals surface area contributed by atoms with Crippen LogP contribution in [0.1, 0.15) is 50.0 Å². The molecule has 1 aromatic carbocycles. The standard InChI is InChI=1S/C22H34N6O2/c1-5-23-22(24-12-17-6-8-18(9-7-17)14-30-16(2)3)25-19-10-11-21-26-20(15-29-4)27-28(21)13-19/h6-9,16,19H,5,10-15H2,1-4H3,(H2,23,24,25). The van der Waals surface area contributed by atoms with E-state index in [1.165, 1.54) is 11.1 Å². The van der Waals surface area contributed by atoms with Gasteiger partial charge in [0.05, 0.1) is 25.8 Å². The summed E-state index contributed by atoms with van der Waals surface area (Å²) in [4.78, 5) is 9.31. The number of rotatable bonds is 9. The first-order valence-electron chi connectivity index (χ1n) is 10.7. The Morgan fingerprint density at radius 1 is 1.23 bits per heavy atom. The maximum atomic E-state index is 5.66. The van der Waals surface area contributed by atoms with E-state index in [2.05, 4.69) is 51.9 Å². The molecule has 3 rings (SSSR count). The van der Waals surface area contributed by atoms with Crippen molar-refractivity contribution in [1.82, 2.24) is 25.4 Å². The molecule has 164 valence electrons. The molecule has 2 heterocycles. The molecule has 8 nitrogen and oxygen atoms in total. The lowest BCUT2D eigenvalue weighted by molar-refractivity contribution is 0.0657. The van der Waals surface area contributed by atoms with Crippen LogP contribution >= 0.6 is 0 Å². The van der Waals surface area contributed by atoms with Crippen molar-refractivity contribution in [3.63, 3.8) is 0 Å². The number of fused-ring (bicyclic) bond motifs is 1. The topological polar surface area (TPSA) is 85.6 Å². The highest BCUT2D eigenvalue weighted by Gasteiger charge is 2.22. The molecule has 0 saturated carbocycles. The Morgan fingerprint density at radius 2 is 2.00 bits per heavy atom. The van der Waals surface area contributed by atoms with E-state index in [1.54, 1.807) is 7.11 Å². The molecule has 2 aromatic rings. The van der Waals surface area contributed by atoms with Crippen LogP contribution in [0.25, 0.3) is 0 Å². The number of aromatic nitrogens is 3. The van der Waals surface area contributed by atoms with Crippen molar-refractivity contribution in [3.8, 4) is 0 Å². The first-order chi connectivity index (χ1) is 14.6. The lowest BCUT2D eigenvalue weighted by Crippen LogP contribution is -2.47. The van der Waals surface area contributed by atoms with Crippen LogP contribution in [0.2, 0.25) is 0 Å².